The number of phenols is 1. The van der Waals surface area contributed by atoms with Crippen LogP contribution in [0.1, 0.15) is 24.9 Å². The Hall–Kier alpha value is -0.670. The molecule has 1 saturated heterocycles. The van der Waals surface area contributed by atoms with Crippen molar-refractivity contribution in [1.82, 2.24) is 5.32 Å². The van der Waals surface area contributed by atoms with Crippen LogP contribution in [0, 0.1) is 0 Å². The highest BCUT2D eigenvalue weighted by molar-refractivity contribution is 7.99. The fraction of sp³-hybridized carbons (Fsp3) is 0.500. The number of hydrogen-bond acceptors (Lipinski definition) is 3. The second kappa shape index (κ2) is 4.90. The Morgan fingerprint density at radius 3 is 3.07 bits per heavy atom. The number of hydrogen-bond donors (Lipinski definition) is 2. The average Bonchev–Trinajstić information content (AvgIpc) is 2.70. The normalized spacial score (nSPS) is 22.9. The Bertz CT molecular complexity index is 323. The van der Waals surface area contributed by atoms with E-state index in [0.29, 0.717) is 17.8 Å². The zero-order valence-electron chi connectivity index (χ0n) is 8.94. The highest BCUT2D eigenvalue weighted by atomic mass is 32.2. The van der Waals surface area contributed by atoms with Crippen molar-refractivity contribution in [2.75, 3.05) is 11.5 Å². The van der Waals surface area contributed by atoms with E-state index in [9.17, 15) is 5.11 Å². The molecular formula is C12H17NOS. The molecule has 0 bridgehead atoms. The van der Waals surface area contributed by atoms with Crippen LogP contribution in [0.25, 0.3) is 0 Å². The minimum atomic E-state index is 0.320. The molecule has 1 aromatic rings. The third kappa shape index (κ3) is 2.89. The number of thioether (sulfide) groups is 1. The standard InChI is InChI=1S/C12H17NOS/c1-9(13-11-5-6-15-8-11)10-3-2-4-12(14)7-10/h2-4,7,9,11,13-14H,5-6,8H2,1H3. The Morgan fingerprint density at radius 1 is 1.53 bits per heavy atom. The predicted molar refractivity (Wildman–Crippen MR) is 65.4 cm³/mol. The lowest BCUT2D eigenvalue weighted by Crippen LogP contribution is -2.31. The molecule has 1 aromatic carbocycles. The lowest BCUT2D eigenvalue weighted by Gasteiger charge is -2.19. The van der Waals surface area contributed by atoms with E-state index in [-0.39, 0.29) is 0 Å². The molecule has 1 heterocycles. The van der Waals surface area contributed by atoms with Gasteiger partial charge in [-0.3, -0.25) is 0 Å². The van der Waals surface area contributed by atoms with Crippen LogP contribution < -0.4 is 5.32 Å². The number of phenolic OH excluding ortho intramolecular Hbond substituents is 1. The fourth-order valence-electron chi connectivity index (χ4n) is 1.91. The van der Waals surface area contributed by atoms with Crippen LogP contribution in [0.2, 0.25) is 0 Å². The van der Waals surface area contributed by atoms with Crippen LogP contribution in [0.5, 0.6) is 5.75 Å². The smallest absolute Gasteiger partial charge is 0.115 e. The van der Waals surface area contributed by atoms with E-state index >= 15 is 0 Å². The molecule has 82 valence electrons. The molecule has 0 amide bonds. The highest BCUT2D eigenvalue weighted by Gasteiger charge is 2.17. The van der Waals surface area contributed by atoms with Gasteiger partial charge in [0.1, 0.15) is 5.75 Å². The fourth-order valence-corrected chi connectivity index (χ4v) is 3.08. The van der Waals surface area contributed by atoms with Gasteiger partial charge in [-0.1, -0.05) is 12.1 Å². The van der Waals surface area contributed by atoms with Gasteiger partial charge >= 0.3 is 0 Å². The second-order valence-corrected chi connectivity index (χ2v) is 5.19. The lowest BCUT2D eigenvalue weighted by molar-refractivity contribution is 0.464. The maximum atomic E-state index is 9.39. The van der Waals surface area contributed by atoms with E-state index in [4.69, 9.17) is 0 Å². The Labute approximate surface area is 95.1 Å². The van der Waals surface area contributed by atoms with Gasteiger partial charge in [0, 0.05) is 17.8 Å². The third-order valence-corrected chi connectivity index (χ3v) is 3.95. The molecule has 1 aliphatic heterocycles. The van der Waals surface area contributed by atoms with Crippen LogP contribution in [-0.2, 0) is 0 Å². The summed E-state index contributed by atoms with van der Waals surface area (Å²) in [4.78, 5) is 0. The minimum Gasteiger partial charge on any atom is -0.508 e. The first-order valence-corrected chi connectivity index (χ1v) is 6.54. The van der Waals surface area contributed by atoms with Crippen LogP contribution in [-0.4, -0.2) is 22.7 Å². The van der Waals surface area contributed by atoms with Crippen molar-refractivity contribution < 1.29 is 5.11 Å². The predicted octanol–water partition coefficient (Wildman–Crippen LogP) is 2.55. The maximum Gasteiger partial charge on any atom is 0.115 e. The zero-order valence-corrected chi connectivity index (χ0v) is 9.76. The summed E-state index contributed by atoms with van der Waals surface area (Å²) in [5.41, 5.74) is 1.16. The highest BCUT2D eigenvalue weighted by Crippen LogP contribution is 2.22. The zero-order chi connectivity index (χ0) is 10.7. The van der Waals surface area contributed by atoms with Crippen molar-refractivity contribution in [3.63, 3.8) is 0 Å². The molecule has 2 unspecified atom stereocenters. The van der Waals surface area contributed by atoms with Gasteiger partial charge in [0.05, 0.1) is 0 Å². The van der Waals surface area contributed by atoms with E-state index in [1.165, 1.54) is 17.9 Å². The summed E-state index contributed by atoms with van der Waals surface area (Å²) < 4.78 is 0. The largest absolute Gasteiger partial charge is 0.508 e. The summed E-state index contributed by atoms with van der Waals surface area (Å²) in [6, 6.07) is 8.45. The SMILES string of the molecule is CC(NC1CCSC1)c1cccc(O)c1. The molecule has 1 fully saturated rings. The Morgan fingerprint density at radius 2 is 2.40 bits per heavy atom. The van der Waals surface area contributed by atoms with Crippen LogP contribution in [0.3, 0.4) is 0 Å². The Kier molecular flexibility index (Phi) is 3.54. The molecule has 2 nitrogen and oxygen atoms in total. The van der Waals surface area contributed by atoms with Crippen LogP contribution in [0.15, 0.2) is 24.3 Å². The van der Waals surface area contributed by atoms with E-state index in [1.54, 1.807) is 6.07 Å². The first-order valence-electron chi connectivity index (χ1n) is 5.38. The van der Waals surface area contributed by atoms with Gasteiger partial charge in [-0.15, -0.1) is 0 Å². The quantitative estimate of drug-likeness (QED) is 0.826. The first-order chi connectivity index (χ1) is 7.25. The molecule has 0 spiro atoms. The molecule has 2 atom stereocenters. The van der Waals surface area contributed by atoms with Crippen molar-refractivity contribution in [3.8, 4) is 5.75 Å². The van der Waals surface area contributed by atoms with Gasteiger partial charge in [0.2, 0.25) is 0 Å². The van der Waals surface area contributed by atoms with E-state index in [2.05, 4.69) is 18.3 Å². The minimum absolute atomic E-state index is 0.320. The summed E-state index contributed by atoms with van der Waals surface area (Å²) in [7, 11) is 0. The van der Waals surface area contributed by atoms with Crippen LogP contribution >= 0.6 is 11.8 Å². The van der Waals surface area contributed by atoms with E-state index in [0.717, 1.165) is 5.56 Å². The Balaban J connectivity index is 1.97. The molecule has 15 heavy (non-hydrogen) atoms. The van der Waals surface area contributed by atoms with Gasteiger partial charge in [0.25, 0.3) is 0 Å². The van der Waals surface area contributed by atoms with Gasteiger partial charge in [-0.25, -0.2) is 0 Å². The van der Waals surface area contributed by atoms with Gasteiger partial charge < -0.3 is 10.4 Å². The van der Waals surface area contributed by atoms with Crippen molar-refractivity contribution in [3.05, 3.63) is 29.8 Å². The number of aromatic hydroxyl groups is 1. The van der Waals surface area contributed by atoms with Crippen molar-refractivity contribution in [2.24, 2.45) is 0 Å². The van der Waals surface area contributed by atoms with Crippen molar-refractivity contribution >= 4 is 11.8 Å². The molecule has 0 saturated carbocycles. The number of benzene rings is 1. The average molecular weight is 223 g/mol. The van der Waals surface area contributed by atoms with E-state index in [1.807, 2.05) is 23.9 Å². The van der Waals surface area contributed by atoms with Gasteiger partial charge in [-0.05, 0) is 36.8 Å². The molecule has 0 aromatic heterocycles. The molecule has 2 N–H and O–H groups in total. The molecule has 0 aliphatic carbocycles. The lowest BCUT2D eigenvalue weighted by atomic mass is 10.1. The van der Waals surface area contributed by atoms with Gasteiger partial charge in [-0.2, -0.15) is 11.8 Å². The number of nitrogens with one attached hydrogen (secondary N) is 1. The van der Waals surface area contributed by atoms with Crippen molar-refractivity contribution in [1.29, 1.82) is 0 Å². The first kappa shape index (κ1) is 10.8. The molecule has 3 heteroatoms. The molecule has 2 rings (SSSR count). The summed E-state index contributed by atoms with van der Waals surface area (Å²) >= 11 is 2.01. The second-order valence-electron chi connectivity index (χ2n) is 4.04. The maximum absolute atomic E-state index is 9.39. The summed E-state index contributed by atoms with van der Waals surface area (Å²) in [6.45, 7) is 2.15. The third-order valence-electron chi connectivity index (χ3n) is 2.79. The molecule has 0 radical (unpaired) electrons. The topological polar surface area (TPSA) is 32.3 Å². The molecular weight excluding hydrogens is 206 g/mol. The van der Waals surface area contributed by atoms with Crippen molar-refractivity contribution in [2.45, 2.75) is 25.4 Å². The monoisotopic (exact) mass is 223 g/mol. The van der Waals surface area contributed by atoms with Crippen LogP contribution in [0.4, 0.5) is 0 Å². The summed E-state index contributed by atoms with van der Waals surface area (Å²) in [5.74, 6) is 2.83. The summed E-state index contributed by atoms with van der Waals surface area (Å²) in [6.07, 6.45) is 1.26. The van der Waals surface area contributed by atoms with Gasteiger partial charge in [0.15, 0.2) is 0 Å². The summed E-state index contributed by atoms with van der Waals surface area (Å²) in [5, 5.41) is 13.0. The molecule has 1 aliphatic rings. The van der Waals surface area contributed by atoms with E-state index < -0.39 is 0 Å². The number of rotatable bonds is 3.